The Morgan fingerprint density at radius 1 is 1.14 bits per heavy atom. The van der Waals surface area contributed by atoms with E-state index in [0.29, 0.717) is 12.2 Å². The lowest BCUT2D eigenvalue weighted by Gasteiger charge is -2.17. The molecule has 29 heavy (non-hydrogen) atoms. The third-order valence-corrected chi connectivity index (χ3v) is 6.12. The molecule has 1 aromatic heterocycles. The zero-order valence-electron chi connectivity index (χ0n) is 17.3. The molecule has 3 aromatic rings. The monoisotopic (exact) mass is 411 g/mol. The van der Waals surface area contributed by atoms with Crippen molar-refractivity contribution in [1.29, 1.82) is 0 Å². The number of methoxy groups -OCH3 is 1. The predicted molar refractivity (Wildman–Crippen MR) is 120 cm³/mol. The first-order chi connectivity index (χ1) is 14.2. The lowest BCUT2D eigenvalue weighted by molar-refractivity contribution is 0.0945. The molecule has 0 saturated carbocycles. The number of carbonyl (C=O) groups is 1. The van der Waals surface area contributed by atoms with Crippen molar-refractivity contribution in [1.82, 2.24) is 15.2 Å². The van der Waals surface area contributed by atoms with Gasteiger partial charge in [-0.05, 0) is 50.3 Å². The fourth-order valence-corrected chi connectivity index (χ4v) is 4.35. The van der Waals surface area contributed by atoms with E-state index in [1.807, 2.05) is 36.4 Å². The summed E-state index contributed by atoms with van der Waals surface area (Å²) >= 11 is 1.60. The van der Waals surface area contributed by atoms with Crippen LogP contribution in [0.1, 0.15) is 30.8 Å². The van der Waals surface area contributed by atoms with Gasteiger partial charge in [0.05, 0.1) is 17.5 Å². The smallest absolute Gasteiger partial charge is 0.268 e. The lowest BCUT2D eigenvalue weighted by Crippen LogP contribution is -2.30. The van der Waals surface area contributed by atoms with Gasteiger partial charge in [-0.15, -0.1) is 0 Å². The van der Waals surface area contributed by atoms with E-state index in [-0.39, 0.29) is 5.91 Å². The number of nitrogens with zero attached hydrogens (tertiary/aromatic N) is 1. The second kappa shape index (κ2) is 10.4. The van der Waals surface area contributed by atoms with Gasteiger partial charge in [0, 0.05) is 22.9 Å². The first kappa shape index (κ1) is 21.3. The van der Waals surface area contributed by atoms with Crippen LogP contribution in [-0.4, -0.2) is 49.1 Å². The minimum Gasteiger partial charge on any atom is -0.497 e. The van der Waals surface area contributed by atoms with E-state index in [1.54, 1.807) is 18.9 Å². The molecular weight excluding hydrogens is 382 g/mol. The Labute approximate surface area is 176 Å². The summed E-state index contributed by atoms with van der Waals surface area (Å²) in [6.07, 6.45) is 0.933. The summed E-state index contributed by atoms with van der Waals surface area (Å²) in [5.41, 5.74) is 1.50. The number of rotatable bonds is 10. The normalized spacial score (nSPS) is 11.2. The summed E-state index contributed by atoms with van der Waals surface area (Å²) in [4.78, 5) is 20.7. The maximum absolute atomic E-state index is 13.0. The summed E-state index contributed by atoms with van der Waals surface area (Å²) < 4.78 is 5.34. The van der Waals surface area contributed by atoms with Gasteiger partial charge in [0.25, 0.3) is 5.91 Å². The molecule has 0 aliphatic carbocycles. The van der Waals surface area contributed by atoms with E-state index in [9.17, 15) is 4.79 Å². The fourth-order valence-electron chi connectivity index (χ4n) is 3.28. The number of nitrogens with one attached hydrogen (secondary N) is 2. The number of hydrogen-bond acceptors (Lipinski definition) is 4. The van der Waals surface area contributed by atoms with Crippen molar-refractivity contribution in [2.24, 2.45) is 0 Å². The fraction of sp³-hybridized carbons (Fsp3) is 0.348. The molecule has 5 nitrogen and oxygen atoms in total. The third kappa shape index (κ3) is 5.34. The number of ether oxygens (including phenoxy) is 1. The number of carbonyl (C=O) groups excluding carboxylic acids is 1. The van der Waals surface area contributed by atoms with Gasteiger partial charge >= 0.3 is 0 Å². The standard InChI is InChI=1S/C23H29N3O2S/c1-4-26(5-2)15-9-14-24-23(27)21-22(29-18-10-7-6-8-11-18)19-13-12-17(28-3)16-20(19)25-21/h6-8,10-13,16,25H,4-5,9,14-15H2,1-3H3,(H,24,27). The molecule has 0 bridgehead atoms. The van der Waals surface area contributed by atoms with Gasteiger partial charge < -0.3 is 19.9 Å². The van der Waals surface area contributed by atoms with E-state index in [0.717, 1.165) is 52.5 Å². The largest absolute Gasteiger partial charge is 0.497 e. The number of benzene rings is 2. The highest BCUT2D eigenvalue weighted by Gasteiger charge is 2.19. The van der Waals surface area contributed by atoms with Crippen LogP contribution < -0.4 is 10.1 Å². The second-order valence-corrected chi connectivity index (χ2v) is 7.88. The SMILES string of the molecule is CCN(CC)CCCNC(=O)c1[nH]c2cc(OC)ccc2c1Sc1ccccc1. The van der Waals surface area contributed by atoms with Crippen molar-refractivity contribution in [3.05, 3.63) is 54.2 Å². The molecule has 0 aliphatic heterocycles. The van der Waals surface area contributed by atoms with Crippen molar-refractivity contribution >= 4 is 28.6 Å². The first-order valence-corrected chi connectivity index (χ1v) is 10.9. The van der Waals surface area contributed by atoms with Crippen LogP contribution in [0.4, 0.5) is 0 Å². The van der Waals surface area contributed by atoms with E-state index in [1.165, 1.54) is 0 Å². The molecule has 154 valence electrons. The van der Waals surface area contributed by atoms with E-state index < -0.39 is 0 Å². The molecule has 0 saturated heterocycles. The van der Waals surface area contributed by atoms with Crippen LogP contribution in [0.5, 0.6) is 5.75 Å². The average molecular weight is 412 g/mol. The Hall–Kier alpha value is -2.44. The Morgan fingerprint density at radius 2 is 1.90 bits per heavy atom. The Bertz CT molecular complexity index is 936. The molecule has 2 N–H and O–H groups in total. The van der Waals surface area contributed by atoms with E-state index in [4.69, 9.17) is 4.74 Å². The van der Waals surface area contributed by atoms with Crippen molar-refractivity contribution < 1.29 is 9.53 Å². The summed E-state index contributed by atoms with van der Waals surface area (Å²) in [6, 6.07) is 16.0. The zero-order chi connectivity index (χ0) is 20.6. The van der Waals surface area contributed by atoms with Crippen LogP contribution in [0.2, 0.25) is 0 Å². The topological polar surface area (TPSA) is 57.4 Å². The maximum atomic E-state index is 13.0. The van der Waals surface area contributed by atoms with Gasteiger partial charge in [-0.25, -0.2) is 0 Å². The van der Waals surface area contributed by atoms with Gasteiger partial charge in [-0.2, -0.15) is 0 Å². The van der Waals surface area contributed by atoms with Crippen LogP contribution in [0.15, 0.2) is 58.3 Å². The van der Waals surface area contributed by atoms with Gasteiger partial charge in [0.1, 0.15) is 11.4 Å². The number of aromatic amines is 1. The molecule has 0 atom stereocenters. The molecule has 0 spiro atoms. The van der Waals surface area contributed by atoms with Gasteiger partial charge in [-0.1, -0.05) is 43.8 Å². The maximum Gasteiger partial charge on any atom is 0.268 e. The average Bonchev–Trinajstić information content (AvgIpc) is 3.12. The molecule has 0 fully saturated rings. The minimum atomic E-state index is -0.0712. The van der Waals surface area contributed by atoms with Gasteiger partial charge in [0.2, 0.25) is 0 Å². The predicted octanol–water partition coefficient (Wildman–Crippen LogP) is 4.79. The molecule has 0 unspecified atom stereocenters. The van der Waals surface area contributed by atoms with Gasteiger partial charge in [0.15, 0.2) is 0 Å². The highest BCUT2D eigenvalue weighted by molar-refractivity contribution is 7.99. The van der Waals surface area contributed by atoms with Crippen LogP contribution in [0, 0.1) is 0 Å². The molecular formula is C23H29N3O2S. The Morgan fingerprint density at radius 3 is 2.59 bits per heavy atom. The van der Waals surface area contributed by atoms with E-state index in [2.05, 4.69) is 41.2 Å². The van der Waals surface area contributed by atoms with Crippen LogP contribution in [0.25, 0.3) is 10.9 Å². The summed E-state index contributed by atoms with van der Waals surface area (Å²) in [6.45, 7) is 8.03. The molecule has 0 aliphatic rings. The lowest BCUT2D eigenvalue weighted by atomic mass is 10.2. The van der Waals surface area contributed by atoms with Crippen LogP contribution in [0.3, 0.4) is 0 Å². The first-order valence-electron chi connectivity index (χ1n) is 10.1. The number of amides is 1. The molecule has 3 rings (SSSR count). The number of fused-ring (bicyclic) bond motifs is 1. The third-order valence-electron chi connectivity index (χ3n) is 4.98. The molecule has 6 heteroatoms. The Balaban J connectivity index is 1.81. The Kier molecular flexibility index (Phi) is 7.61. The molecule has 0 radical (unpaired) electrons. The highest BCUT2D eigenvalue weighted by atomic mass is 32.2. The molecule has 1 amide bonds. The summed E-state index contributed by atoms with van der Waals surface area (Å²) in [5, 5.41) is 4.10. The van der Waals surface area contributed by atoms with E-state index >= 15 is 0 Å². The van der Waals surface area contributed by atoms with Crippen molar-refractivity contribution in [3.8, 4) is 5.75 Å². The number of hydrogen-bond donors (Lipinski definition) is 2. The van der Waals surface area contributed by atoms with Crippen molar-refractivity contribution in [2.75, 3.05) is 33.3 Å². The quantitative estimate of drug-likeness (QED) is 0.471. The number of H-pyrrole nitrogens is 1. The van der Waals surface area contributed by atoms with Crippen molar-refractivity contribution in [3.63, 3.8) is 0 Å². The molecule has 2 aromatic carbocycles. The summed E-state index contributed by atoms with van der Waals surface area (Å²) in [7, 11) is 1.65. The number of aromatic nitrogens is 1. The molecule has 1 heterocycles. The second-order valence-electron chi connectivity index (χ2n) is 6.79. The summed E-state index contributed by atoms with van der Waals surface area (Å²) in [5.74, 6) is 0.694. The van der Waals surface area contributed by atoms with Gasteiger partial charge in [-0.3, -0.25) is 4.79 Å². The highest BCUT2D eigenvalue weighted by Crippen LogP contribution is 2.37. The zero-order valence-corrected chi connectivity index (χ0v) is 18.1. The minimum absolute atomic E-state index is 0.0712. The van der Waals surface area contributed by atoms with Crippen LogP contribution in [-0.2, 0) is 0 Å². The van der Waals surface area contributed by atoms with Crippen LogP contribution >= 0.6 is 11.8 Å². The van der Waals surface area contributed by atoms with Crippen molar-refractivity contribution in [2.45, 2.75) is 30.1 Å².